The summed E-state index contributed by atoms with van der Waals surface area (Å²) in [6.45, 7) is 3.67. The first-order chi connectivity index (χ1) is 14.3. The highest BCUT2D eigenvalue weighted by molar-refractivity contribution is 5.69. The highest BCUT2D eigenvalue weighted by Gasteiger charge is 2.37. The van der Waals surface area contributed by atoms with Crippen molar-refractivity contribution in [3.8, 4) is 0 Å². The molecule has 0 amide bonds. The van der Waals surface area contributed by atoms with Crippen LogP contribution in [-0.2, 0) is 37.0 Å². The van der Waals surface area contributed by atoms with Gasteiger partial charge in [0.15, 0.2) is 0 Å². The van der Waals surface area contributed by atoms with Crippen LogP contribution < -0.4 is 0 Å². The lowest BCUT2D eigenvalue weighted by atomic mass is 10.0. The first kappa shape index (κ1) is 21.5. The van der Waals surface area contributed by atoms with Gasteiger partial charge in [0.2, 0.25) is 0 Å². The van der Waals surface area contributed by atoms with Gasteiger partial charge in [-0.2, -0.15) is 0 Å². The third kappa shape index (κ3) is 6.96. The minimum Gasteiger partial charge on any atom is -0.463 e. The largest absolute Gasteiger partial charge is 0.463 e. The highest BCUT2D eigenvalue weighted by Crippen LogP contribution is 2.24. The van der Waals surface area contributed by atoms with Crippen LogP contribution in [0.1, 0.15) is 37.3 Å². The van der Waals surface area contributed by atoms with E-state index in [1.54, 1.807) is 0 Å². The van der Waals surface area contributed by atoms with Gasteiger partial charge in [-0.05, 0) is 24.0 Å². The smallest absolute Gasteiger partial charge is 0.305 e. The molecule has 0 aromatic heterocycles. The Morgan fingerprint density at radius 3 is 2.21 bits per heavy atom. The number of hydrogen-bond donors (Lipinski definition) is 0. The molecule has 5 heteroatoms. The predicted molar refractivity (Wildman–Crippen MR) is 110 cm³/mol. The minimum absolute atomic E-state index is 0.123. The molecule has 0 bridgehead atoms. The monoisotopic (exact) mass is 398 g/mol. The third-order valence-electron chi connectivity index (χ3n) is 4.92. The molecule has 1 saturated heterocycles. The van der Waals surface area contributed by atoms with E-state index in [1.807, 2.05) is 67.6 Å². The summed E-state index contributed by atoms with van der Waals surface area (Å²) in [7, 11) is 0. The highest BCUT2D eigenvalue weighted by atomic mass is 16.6. The van der Waals surface area contributed by atoms with E-state index in [4.69, 9.17) is 18.9 Å². The zero-order valence-electron chi connectivity index (χ0n) is 17.0. The molecule has 1 aliphatic rings. The Morgan fingerprint density at radius 1 is 0.966 bits per heavy atom. The van der Waals surface area contributed by atoms with Crippen molar-refractivity contribution in [2.45, 2.75) is 57.7 Å². The Balaban J connectivity index is 1.63. The molecule has 0 radical (unpaired) electrons. The Bertz CT molecular complexity index is 719. The van der Waals surface area contributed by atoms with E-state index in [0.29, 0.717) is 26.2 Å². The fraction of sp³-hybridized carbons (Fsp3) is 0.458. The summed E-state index contributed by atoms with van der Waals surface area (Å²) in [5.74, 6) is -0.203. The van der Waals surface area contributed by atoms with Gasteiger partial charge in [0.25, 0.3) is 0 Å². The number of rotatable bonds is 10. The van der Waals surface area contributed by atoms with E-state index in [-0.39, 0.29) is 30.9 Å². The number of benzene rings is 2. The second-order valence-corrected chi connectivity index (χ2v) is 7.23. The molecule has 1 heterocycles. The van der Waals surface area contributed by atoms with E-state index in [0.717, 1.165) is 24.0 Å². The lowest BCUT2D eigenvalue weighted by Gasteiger charge is -2.37. The second-order valence-electron chi connectivity index (χ2n) is 7.23. The van der Waals surface area contributed by atoms with Crippen molar-refractivity contribution < 1.29 is 23.7 Å². The van der Waals surface area contributed by atoms with Gasteiger partial charge in [-0.25, -0.2) is 0 Å². The molecular weight excluding hydrogens is 368 g/mol. The summed E-state index contributed by atoms with van der Waals surface area (Å²) in [5, 5.41) is 0. The van der Waals surface area contributed by atoms with E-state index in [9.17, 15) is 4.79 Å². The number of esters is 1. The quantitative estimate of drug-likeness (QED) is 0.559. The van der Waals surface area contributed by atoms with Crippen LogP contribution in [0.3, 0.4) is 0 Å². The SMILES string of the molecule is CCCC(=O)OCC1OCCC(OCc2ccccc2)C1OCc1ccccc1. The molecule has 29 heavy (non-hydrogen) atoms. The minimum atomic E-state index is -0.339. The molecule has 156 valence electrons. The fourth-order valence-electron chi connectivity index (χ4n) is 3.37. The van der Waals surface area contributed by atoms with Crippen molar-refractivity contribution in [3.05, 3.63) is 71.8 Å². The summed E-state index contributed by atoms with van der Waals surface area (Å²) < 4.78 is 23.8. The van der Waals surface area contributed by atoms with Crippen LogP contribution in [0.25, 0.3) is 0 Å². The van der Waals surface area contributed by atoms with E-state index < -0.39 is 0 Å². The molecule has 3 rings (SSSR count). The maximum Gasteiger partial charge on any atom is 0.305 e. The number of ether oxygens (including phenoxy) is 4. The molecule has 0 N–H and O–H groups in total. The fourth-order valence-corrected chi connectivity index (χ4v) is 3.37. The van der Waals surface area contributed by atoms with Crippen LogP contribution in [0.5, 0.6) is 0 Å². The zero-order valence-corrected chi connectivity index (χ0v) is 17.0. The van der Waals surface area contributed by atoms with E-state index >= 15 is 0 Å². The Hall–Kier alpha value is -2.21. The van der Waals surface area contributed by atoms with Crippen LogP contribution in [0.4, 0.5) is 0 Å². The molecule has 0 saturated carbocycles. The van der Waals surface area contributed by atoms with Gasteiger partial charge in [-0.3, -0.25) is 4.79 Å². The number of carbonyl (C=O) groups is 1. The topological polar surface area (TPSA) is 54.0 Å². The standard InChI is InChI=1S/C24H30O5/c1-2-9-23(25)28-18-22-24(29-17-20-12-7-4-8-13-20)21(14-15-26-22)27-16-19-10-5-3-6-11-19/h3-8,10-13,21-22,24H,2,9,14-18H2,1H3. The molecule has 3 atom stereocenters. The number of hydrogen-bond acceptors (Lipinski definition) is 5. The van der Waals surface area contributed by atoms with Crippen LogP contribution in [0.2, 0.25) is 0 Å². The van der Waals surface area contributed by atoms with Crippen molar-refractivity contribution in [1.29, 1.82) is 0 Å². The molecule has 2 aromatic carbocycles. The maximum atomic E-state index is 11.8. The lowest BCUT2D eigenvalue weighted by Crippen LogP contribution is -2.49. The van der Waals surface area contributed by atoms with Crippen LogP contribution in [-0.4, -0.2) is 37.5 Å². The molecule has 1 fully saturated rings. The summed E-state index contributed by atoms with van der Waals surface area (Å²) in [6, 6.07) is 20.1. The van der Waals surface area contributed by atoms with Crippen LogP contribution in [0.15, 0.2) is 60.7 Å². The maximum absolute atomic E-state index is 11.8. The van der Waals surface area contributed by atoms with Crippen LogP contribution >= 0.6 is 0 Å². The normalized spacial score (nSPS) is 21.6. The molecule has 3 unspecified atom stereocenters. The summed E-state index contributed by atoms with van der Waals surface area (Å²) in [6.07, 6.45) is 1.15. The summed E-state index contributed by atoms with van der Waals surface area (Å²) >= 11 is 0. The second kappa shape index (κ2) is 11.7. The van der Waals surface area contributed by atoms with E-state index in [1.165, 1.54) is 0 Å². The first-order valence-corrected chi connectivity index (χ1v) is 10.3. The van der Waals surface area contributed by atoms with Gasteiger partial charge < -0.3 is 18.9 Å². The van der Waals surface area contributed by atoms with Crippen molar-refractivity contribution in [1.82, 2.24) is 0 Å². The van der Waals surface area contributed by atoms with Gasteiger partial charge in [0.1, 0.15) is 18.8 Å². The van der Waals surface area contributed by atoms with Gasteiger partial charge in [-0.1, -0.05) is 67.6 Å². The van der Waals surface area contributed by atoms with Crippen molar-refractivity contribution in [2.24, 2.45) is 0 Å². The Kier molecular flexibility index (Phi) is 8.68. The summed E-state index contributed by atoms with van der Waals surface area (Å²) in [4.78, 5) is 11.8. The van der Waals surface area contributed by atoms with Gasteiger partial charge >= 0.3 is 5.97 Å². The predicted octanol–water partition coefficient (Wildman–Crippen LogP) is 4.29. The lowest BCUT2D eigenvalue weighted by molar-refractivity contribution is -0.198. The molecule has 1 aliphatic heterocycles. The third-order valence-corrected chi connectivity index (χ3v) is 4.92. The van der Waals surface area contributed by atoms with Gasteiger partial charge in [-0.15, -0.1) is 0 Å². The summed E-state index contributed by atoms with van der Waals surface area (Å²) in [5.41, 5.74) is 2.20. The van der Waals surface area contributed by atoms with Crippen molar-refractivity contribution in [3.63, 3.8) is 0 Å². The zero-order chi connectivity index (χ0) is 20.3. The van der Waals surface area contributed by atoms with Crippen molar-refractivity contribution >= 4 is 5.97 Å². The molecular formula is C24H30O5. The molecule has 2 aromatic rings. The molecule has 0 aliphatic carbocycles. The van der Waals surface area contributed by atoms with Crippen molar-refractivity contribution in [2.75, 3.05) is 13.2 Å². The Labute approximate surface area is 172 Å². The first-order valence-electron chi connectivity index (χ1n) is 10.3. The number of carbonyl (C=O) groups excluding carboxylic acids is 1. The van der Waals surface area contributed by atoms with Crippen LogP contribution in [0, 0.1) is 0 Å². The molecule has 0 spiro atoms. The van der Waals surface area contributed by atoms with Gasteiger partial charge in [0.05, 0.1) is 19.3 Å². The average Bonchev–Trinajstić information content (AvgIpc) is 2.77. The average molecular weight is 398 g/mol. The Morgan fingerprint density at radius 2 is 1.59 bits per heavy atom. The molecule has 5 nitrogen and oxygen atoms in total. The van der Waals surface area contributed by atoms with Gasteiger partial charge in [0, 0.05) is 13.0 Å². The van der Waals surface area contributed by atoms with E-state index in [2.05, 4.69) is 0 Å².